The maximum atomic E-state index is 6.25. The summed E-state index contributed by atoms with van der Waals surface area (Å²) in [6.07, 6.45) is 5.23. The lowest BCUT2D eigenvalue weighted by atomic mass is 9.77. The Hall–Kier alpha value is -1.39. The molecule has 1 fully saturated rings. The molecule has 0 aliphatic heterocycles. The highest BCUT2D eigenvalue weighted by atomic mass is 35.5. The van der Waals surface area contributed by atoms with E-state index in [1.807, 2.05) is 0 Å². The zero-order valence-electron chi connectivity index (χ0n) is 11.2. The fourth-order valence-corrected chi connectivity index (χ4v) is 3.17. The summed E-state index contributed by atoms with van der Waals surface area (Å²) in [5.41, 5.74) is 8.64. The van der Waals surface area contributed by atoms with Crippen molar-refractivity contribution in [2.24, 2.45) is 5.73 Å². The van der Waals surface area contributed by atoms with Crippen LogP contribution in [0.2, 0.25) is 0 Å². The monoisotopic (exact) mass is 291 g/mol. The van der Waals surface area contributed by atoms with Gasteiger partial charge in [0.05, 0.1) is 11.5 Å². The maximum Gasteiger partial charge on any atom is 0.234 e. The lowest BCUT2D eigenvalue weighted by Gasteiger charge is -2.34. The molecule has 2 N–H and O–H groups in total. The zero-order chi connectivity index (χ0) is 12.9. The number of fused-ring (bicyclic) bond motifs is 1. The van der Waals surface area contributed by atoms with Crippen LogP contribution < -0.4 is 5.73 Å². The molecule has 1 atom stereocenters. The Labute approximate surface area is 124 Å². The topological polar surface area (TPSA) is 64.9 Å². The molecule has 1 aromatic heterocycles. The van der Waals surface area contributed by atoms with Crippen LogP contribution in [0.3, 0.4) is 0 Å². The average Bonchev–Trinajstić information content (AvgIpc) is 3.02. The van der Waals surface area contributed by atoms with E-state index in [1.54, 1.807) is 0 Å². The first-order chi connectivity index (χ1) is 9.26. The zero-order valence-corrected chi connectivity index (χ0v) is 12.0. The van der Waals surface area contributed by atoms with E-state index in [4.69, 9.17) is 10.3 Å². The number of benzene rings is 1. The van der Waals surface area contributed by atoms with E-state index in [1.165, 1.54) is 11.1 Å². The van der Waals surface area contributed by atoms with Crippen molar-refractivity contribution in [3.05, 3.63) is 47.1 Å². The van der Waals surface area contributed by atoms with Crippen molar-refractivity contribution in [2.45, 2.75) is 43.6 Å². The molecule has 1 aromatic carbocycles. The quantitative estimate of drug-likeness (QED) is 0.924. The van der Waals surface area contributed by atoms with E-state index in [0.29, 0.717) is 5.82 Å². The van der Waals surface area contributed by atoms with Crippen molar-refractivity contribution >= 4 is 12.4 Å². The fraction of sp³-hybridized carbons (Fsp3) is 0.467. The molecule has 4 rings (SSSR count). The highest BCUT2D eigenvalue weighted by Crippen LogP contribution is 2.40. The summed E-state index contributed by atoms with van der Waals surface area (Å²) in [5.74, 6) is 1.68. The van der Waals surface area contributed by atoms with Gasteiger partial charge >= 0.3 is 0 Å². The number of hydrogen-bond donors (Lipinski definition) is 1. The van der Waals surface area contributed by atoms with Crippen molar-refractivity contribution in [3.63, 3.8) is 0 Å². The van der Waals surface area contributed by atoms with Gasteiger partial charge in [-0.05, 0) is 43.2 Å². The Morgan fingerprint density at radius 1 is 1.25 bits per heavy atom. The molecule has 0 bridgehead atoms. The SMILES string of the molecule is Cl.NC1(c2noc(C3CCc4ccccc43)n2)CCC1. The van der Waals surface area contributed by atoms with Gasteiger partial charge < -0.3 is 10.3 Å². The first-order valence-electron chi connectivity index (χ1n) is 6.97. The van der Waals surface area contributed by atoms with Gasteiger partial charge in [0, 0.05) is 0 Å². The van der Waals surface area contributed by atoms with Crippen molar-refractivity contribution in [1.82, 2.24) is 10.1 Å². The lowest BCUT2D eigenvalue weighted by molar-refractivity contribution is 0.228. The predicted octanol–water partition coefficient (Wildman–Crippen LogP) is 2.91. The van der Waals surface area contributed by atoms with Crippen LogP contribution in [0.4, 0.5) is 0 Å². The number of aromatic nitrogens is 2. The highest BCUT2D eigenvalue weighted by molar-refractivity contribution is 5.85. The number of rotatable bonds is 2. The second-order valence-corrected chi connectivity index (χ2v) is 5.76. The summed E-state index contributed by atoms with van der Waals surface area (Å²) < 4.78 is 5.49. The minimum absolute atomic E-state index is 0. The molecular formula is C15H18ClN3O. The summed E-state index contributed by atoms with van der Waals surface area (Å²) in [4.78, 5) is 4.58. The lowest BCUT2D eigenvalue weighted by Crippen LogP contribution is -2.44. The van der Waals surface area contributed by atoms with E-state index < -0.39 is 0 Å². The van der Waals surface area contributed by atoms with Gasteiger partial charge in [-0.25, -0.2) is 0 Å². The van der Waals surface area contributed by atoms with Crippen molar-refractivity contribution in [3.8, 4) is 0 Å². The molecule has 2 aliphatic rings. The Balaban J connectivity index is 0.00000121. The molecule has 0 saturated heterocycles. The molecule has 1 unspecified atom stereocenters. The Morgan fingerprint density at radius 3 is 2.80 bits per heavy atom. The summed E-state index contributed by atoms with van der Waals surface area (Å²) in [6.45, 7) is 0. The van der Waals surface area contributed by atoms with Crippen LogP contribution in [0.5, 0.6) is 0 Å². The third-order valence-electron chi connectivity index (χ3n) is 4.56. The van der Waals surface area contributed by atoms with Crippen molar-refractivity contribution in [1.29, 1.82) is 0 Å². The van der Waals surface area contributed by atoms with Crippen LogP contribution in [-0.4, -0.2) is 10.1 Å². The fourth-order valence-electron chi connectivity index (χ4n) is 3.17. The molecule has 2 aromatic rings. The molecule has 0 amide bonds. The third kappa shape index (κ3) is 1.95. The Bertz CT molecular complexity index is 621. The molecule has 5 heteroatoms. The second kappa shape index (κ2) is 4.86. The minimum Gasteiger partial charge on any atom is -0.339 e. The summed E-state index contributed by atoms with van der Waals surface area (Å²) in [7, 11) is 0. The van der Waals surface area contributed by atoms with E-state index in [-0.39, 0.29) is 23.9 Å². The largest absolute Gasteiger partial charge is 0.339 e. The first-order valence-corrected chi connectivity index (χ1v) is 6.97. The summed E-state index contributed by atoms with van der Waals surface area (Å²) in [6, 6.07) is 8.51. The third-order valence-corrected chi connectivity index (χ3v) is 4.56. The van der Waals surface area contributed by atoms with Gasteiger partial charge in [0.15, 0.2) is 5.82 Å². The molecule has 20 heavy (non-hydrogen) atoms. The predicted molar refractivity (Wildman–Crippen MR) is 77.9 cm³/mol. The molecule has 0 radical (unpaired) electrons. The number of nitrogens with zero attached hydrogens (tertiary/aromatic N) is 2. The van der Waals surface area contributed by atoms with Gasteiger partial charge in [-0.1, -0.05) is 29.4 Å². The van der Waals surface area contributed by atoms with Crippen LogP contribution in [0, 0.1) is 0 Å². The molecule has 0 spiro atoms. The van der Waals surface area contributed by atoms with Gasteiger partial charge in [-0.15, -0.1) is 12.4 Å². The standard InChI is InChI=1S/C15H17N3O.ClH/c16-15(8-3-9-15)14-17-13(19-18-14)12-7-6-10-4-1-2-5-11(10)12;/h1-2,4-5,12H,3,6-9,16H2;1H. The van der Waals surface area contributed by atoms with Crippen molar-refractivity contribution in [2.75, 3.05) is 0 Å². The number of nitrogens with two attached hydrogens (primary N) is 1. The summed E-state index contributed by atoms with van der Waals surface area (Å²) in [5, 5.41) is 4.12. The number of halogens is 1. The van der Waals surface area contributed by atoms with E-state index in [9.17, 15) is 0 Å². The molecule has 1 heterocycles. The van der Waals surface area contributed by atoms with Gasteiger partial charge in [-0.2, -0.15) is 4.98 Å². The van der Waals surface area contributed by atoms with E-state index >= 15 is 0 Å². The normalized spacial score (nSPS) is 22.8. The molecule has 106 valence electrons. The van der Waals surface area contributed by atoms with Gasteiger partial charge in [0.25, 0.3) is 0 Å². The van der Waals surface area contributed by atoms with Crippen molar-refractivity contribution < 1.29 is 4.52 Å². The maximum absolute atomic E-state index is 6.25. The van der Waals surface area contributed by atoms with Crippen LogP contribution >= 0.6 is 12.4 Å². The smallest absolute Gasteiger partial charge is 0.234 e. The summed E-state index contributed by atoms with van der Waals surface area (Å²) >= 11 is 0. The Kier molecular flexibility index (Phi) is 3.30. The average molecular weight is 292 g/mol. The highest BCUT2D eigenvalue weighted by Gasteiger charge is 2.40. The number of hydrogen-bond acceptors (Lipinski definition) is 4. The van der Waals surface area contributed by atoms with Crippen LogP contribution in [0.1, 0.15) is 54.4 Å². The molecular weight excluding hydrogens is 274 g/mol. The Morgan fingerprint density at radius 2 is 2.05 bits per heavy atom. The van der Waals surface area contributed by atoms with Crippen LogP contribution in [0.15, 0.2) is 28.8 Å². The van der Waals surface area contributed by atoms with Gasteiger partial charge in [0.1, 0.15) is 0 Å². The van der Waals surface area contributed by atoms with Gasteiger partial charge in [-0.3, -0.25) is 0 Å². The minimum atomic E-state index is -0.333. The van der Waals surface area contributed by atoms with Crippen LogP contribution in [0.25, 0.3) is 0 Å². The molecule has 4 nitrogen and oxygen atoms in total. The van der Waals surface area contributed by atoms with E-state index in [0.717, 1.165) is 38.0 Å². The molecule has 2 aliphatic carbocycles. The number of aryl methyl sites for hydroxylation is 1. The molecule has 1 saturated carbocycles. The second-order valence-electron chi connectivity index (χ2n) is 5.76. The first kappa shape index (κ1) is 13.6. The van der Waals surface area contributed by atoms with E-state index in [2.05, 4.69) is 34.4 Å². The van der Waals surface area contributed by atoms with Gasteiger partial charge in [0.2, 0.25) is 5.89 Å². The van der Waals surface area contributed by atoms with Crippen LogP contribution in [-0.2, 0) is 12.0 Å².